The van der Waals surface area contributed by atoms with E-state index >= 15 is 0 Å². The lowest BCUT2D eigenvalue weighted by Gasteiger charge is -2.38. The van der Waals surface area contributed by atoms with Crippen molar-refractivity contribution in [3.05, 3.63) is 17.5 Å². The van der Waals surface area contributed by atoms with E-state index in [0.717, 1.165) is 96.1 Å². The molecule has 0 bridgehead atoms. The van der Waals surface area contributed by atoms with Gasteiger partial charge in [-0.25, -0.2) is 9.97 Å². The van der Waals surface area contributed by atoms with E-state index in [2.05, 4.69) is 24.6 Å². The van der Waals surface area contributed by atoms with Crippen LogP contribution in [0.4, 0.5) is 5.95 Å². The number of piperazine rings is 1. The summed E-state index contributed by atoms with van der Waals surface area (Å²) in [4.78, 5) is 31.7. The van der Waals surface area contributed by atoms with E-state index in [9.17, 15) is 4.79 Å². The molecule has 170 valence electrons. The minimum Gasteiger partial charge on any atom is -0.378 e. The van der Waals surface area contributed by atoms with Gasteiger partial charge in [-0.15, -0.1) is 0 Å². The number of nitrogens with zero attached hydrogens (tertiary/aromatic N) is 6. The second-order valence-electron chi connectivity index (χ2n) is 9.41. The fraction of sp³-hybridized carbons (Fsp3) is 0.783. The number of carbonyl (C=O) groups is 1. The lowest BCUT2D eigenvalue weighted by molar-refractivity contribution is -0.134. The molecule has 0 N–H and O–H groups in total. The van der Waals surface area contributed by atoms with E-state index in [0.29, 0.717) is 6.54 Å². The summed E-state index contributed by atoms with van der Waals surface area (Å²) in [6, 6.07) is 0.765. The number of carbonyl (C=O) groups excluding carboxylic acids is 1. The van der Waals surface area contributed by atoms with Crippen LogP contribution in [0.2, 0.25) is 0 Å². The van der Waals surface area contributed by atoms with Crippen LogP contribution in [0.15, 0.2) is 6.20 Å². The van der Waals surface area contributed by atoms with Crippen molar-refractivity contribution in [1.82, 2.24) is 24.7 Å². The van der Waals surface area contributed by atoms with Crippen LogP contribution in [0.25, 0.3) is 0 Å². The van der Waals surface area contributed by atoms with Crippen LogP contribution >= 0.6 is 0 Å². The molecule has 2 saturated heterocycles. The number of hydrogen-bond donors (Lipinski definition) is 0. The van der Waals surface area contributed by atoms with Crippen LogP contribution < -0.4 is 4.90 Å². The molecule has 5 rings (SSSR count). The van der Waals surface area contributed by atoms with E-state index in [1.165, 1.54) is 31.2 Å². The Hall–Kier alpha value is -1.77. The van der Waals surface area contributed by atoms with Crippen molar-refractivity contribution in [3.8, 4) is 0 Å². The Morgan fingerprint density at radius 3 is 2.55 bits per heavy atom. The molecule has 1 saturated carbocycles. The van der Waals surface area contributed by atoms with Crippen LogP contribution in [0.5, 0.6) is 0 Å². The molecule has 31 heavy (non-hydrogen) atoms. The van der Waals surface area contributed by atoms with Crippen molar-refractivity contribution in [2.75, 3.05) is 70.5 Å². The molecule has 8 heteroatoms. The van der Waals surface area contributed by atoms with Gasteiger partial charge in [0.05, 0.1) is 25.5 Å². The minimum absolute atomic E-state index is 0.278. The Balaban J connectivity index is 1.15. The second-order valence-corrected chi connectivity index (χ2v) is 9.41. The standard InChI is InChI=1S/C23H36N6O2/c30-22(28-10-8-27(9-11-28)20-4-1-2-5-20)18-26-7-3-6-21-19(17-26)16-24-23(25-21)29-12-14-31-15-13-29/h16,20H,1-15,17-18H2. The molecular formula is C23H36N6O2. The number of hydrogen-bond acceptors (Lipinski definition) is 7. The highest BCUT2D eigenvalue weighted by atomic mass is 16.5. The third-order valence-corrected chi connectivity index (χ3v) is 7.38. The summed E-state index contributed by atoms with van der Waals surface area (Å²) in [6.07, 6.45) is 9.41. The molecule has 0 spiro atoms. The molecule has 1 aromatic heterocycles. The maximum Gasteiger partial charge on any atom is 0.236 e. The number of amides is 1. The first-order valence-electron chi connectivity index (χ1n) is 12.2. The van der Waals surface area contributed by atoms with Crippen LogP contribution in [-0.2, 0) is 22.5 Å². The summed E-state index contributed by atoms with van der Waals surface area (Å²) >= 11 is 0. The number of ether oxygens (including phenoxy) is 1. The van der Waals surface area contributed by atoms with Gasteiger partial charge in [0.2, 0.25) is 11.9 Å². The quantitative estimate of drug-likeness (QED) is 0.713. The number of rotatable bonds is 4. The van der Waals surface area contributed by atoms with Gasteiger partial charge in [0, 0.05) is 63.6 Å². The van der Waals surface area contributed by atoms with Crippen LogP contribution in [0.1, 0.15) is 43.4 Å². The van der Waals surface area contributed by atoms with Gasteiger partial charge in [-0.05, 0) is 32.2 Å². The molecule has 0 atom stereocenters. The zero-order valence-corrected chi connectivity index (χ0v) is 18.7. The van der Waals surface area contributed by atoms with E-state index in [4.69, 9.17) is 9.72 Å². The first kappa shape index (κ1) is 21.1. The number of fused-ring (bicyclic) bond motifs is 1. The van der Waals surface area contributed by atoms with Gasteiger partial charge in [-0.3, -0.25) is 14.6 Å². The smallest absolute Gasteiger partial charge is 0.236 e. The Morgan fingerprint density at radius 1 is 1.00 bits per heavy atom. The summed E-state index contributed by atoms with van der Waals surface area (Å²) in [6.45, 7) is 9.25. The monoisotopic (exact) mass is 428 g/mol. The maximum atomic E-state index is 13.0. The summed E-state index contributed by atoms with van der Waals surface area (Å²) < 4.78 is 5.44. The van der Waals surface area contributed by atoms with E-state index < -0.39 is 0 Å². The predicted octanol–water partition coefficient (Wildman–Crippen LogP) is 1.15. The molecular weight excluding hydrogens is 392 g/mol. The molecule has 0 aromatic carbocycles. The number of anilines is 1. The van der Waals surface area contributed by atoms with E-state index in [1.807, 2.05) is 6.20 Å². The third-order valence-electron chi connectivity index (χ3n) is 7.38. The Labute approximate surface area is 185 Å². The van der Waals surface area contributed by atoms with E-state index in [1.54, 1.807) is 0 Å². The number of morpholine rings is 1. The number of aryl methyl sites for hydroxylation is 1. The van der Waals surface area contributed by atoms with Gasteiger partial charge in [0.25, 0.3) is 0 Å². The van der Waals surface area contributed by atoms with Crippen molar-refractivity contribution in [1.29, 1.82) is 0 Å². The minimum atomic E-state index is 0.278. The Bertz CT molecular complexity index is 754. The highest BCUT2D eigenvalue weighted by molar-refractivity contribution is 5.78. The fourth-order valence-electron chi connectivity index (χ4n) is 5.52. The summed E-state index contributed by atoms with van der Waals surface area (Å²) in [5.41, 5.74) is 2.32. The van der Waals surface area contributed by atoms with Gasteiger partial charge >= 0.3 is 0 Å². The van der Waals surface area contributed by atoms with Crippen LogP contribution in [0.3, 0.4) is 0 Å². The van der Waals surface area contributed by atoms with Gasteiger partial charge in [0.15, 0.2) is 0 Å². The van der Waals surface area contributed by atoms with Crippen molar-refractivity contribution in [2.45, 2.75) is 51.1 Å². The summed E-state index contributed by atoms with van der Waals surface area (Å²) in [7, 11) is 0. The average Bonchev–Trinajstić information content (AvgIpc) is 3.28. The van der Waals surface area contributed by atoms with Gasteiger partial charge in [0.1, 0.15) is 0 Å². The SMILES string of the molecule is O=C(CN1CCCc2nc(N3CCOCC3)ncc2C1)N1CCN(C2CCCC2)CC1. The van der Waals surface area contributed by atoms with E-state index in [-0.39, 0.29) is 5.91 Å². The molecule has 8 nitrogen and oxygen atoms in total. The van der Waals surface area contributed by atoms with Crippen molar-refractivity contribution < 1.29 is 9.53 Å². The van der Waals surface area contributed by atoms with Crippen molar-refractivity contribution in [3.63, 3.8) is 0 Å². The number of aromatic nitrogens is 2. The first-order valence-corrected chi connectivity index (χ1v) is 12.2. The molecule has 3 fully saturated rings. The fourth-order valence-corrected chi connectivity index (χ4v) is 5.52. The Kier molecular flexibility index (Phi) is 6.66. The third kappa shape index (κ3) is 5.02. The van der Waals surface area contributed by atoms with Gasteiger partial charge in [-0.2, -0.15) is 0 Å². The zero-order chi connectivity index (χ0) is 21.0. The van der Waals surface area contributed by atoms with Crippen molar-refractivity contribution >= 4 is 11.9 Å². The summed E-state index contributed by atoms with van der Waals surface area (Å²) in [5, 5.41) is 0. The lowest BCUT2D eigenvalue weighted by Crippen LogP contribution is -2.53. The van der Waals surface area contributed by atoms with Crippen LogP contribution in [-0.4, -0.2) is 102 Å². The molecule has 1 aliphatic carbocycles. The molecule has 0 unspecified atom stereocenters. The maximum absolute atomic E-state index is 13.0. The molecule has 3 aliphatic heterocycles. The topological polar surface area (TPSA) is 65.0 Å². The normalized spacial score (nSPS) is 24.3. The second kappa shape index (κ2) is 9.79. The molecule has 4 heterocycles. The molecule has 0 radical (unpaired) electrons. The van der Waals surface area contributed by atoms with Crippen molar-refractivity contribution in [2.24, 2.45) is 0 Å². The highest BCUT2D eigenvalue weighted by Crippen LogP contribution is 2.24. The van der Waals surface area contributed by atoms with Gasteiger partial charge in [-0.1, -0.05) is 12.8 Å². The lowest BCUT2D eigenvalue weighted by atomic mass is 10.1. The highest BCUT2D eigenvalue weighted by Gasteiger charge is 2.29. The largest absolute Gasteiger partial charge is 0.378 e. The molecule has 1 amide bonds. The molecule has 4 aliphatic rings. The zero-order valence-electron chi connectivity index (χ0n) is 18.7. The Morgan fingerprint density at radius 2 is 1.77 bits per heavy atom. The van der Waals surface area contributed by atoms with Gasteiger partial charge < -0.3 is 14.5 Å². The predicted molar refractivity (Wildman–Crippen MR) is 119 cm³/mol. The molecule has 1 aromatic rings. The average molecular weight is 429 g/mol. The summed E-state index contributed by atoms with van der Waals surface area (Å²) in [5.74, 6) is 1.10. The van der Waals surface area contributed by atoms with Crippen LogP contribution in [0, 0.1) is 0 Å². The first-order chi connectivity index (χ1) is 15.3.